The van der Waals surface area contributed by atoms with E-state index < -0.39 is 0 Å². The average molecular weight is 305 g/mol. The molecular weight excluding hydrogens is 282 g/mol. The molecule has 0 aliphatic carbocycles. The van der Waals surface area contributed by atoms with E-state index in [1.54, 1.807) is 18.2 Å². The number of rotatable bonds is 5. The first-order valence-corrected chi connectivity index (χ1v) is 7.42. The lowest BCUT2D eigenvalue weighted by atomic mass is 10.2. The molecule has 22 heavy (non-hydrogen) atoms. The summed E-state index contributed by atoms with van der Waals surface area (Å²) in [6.07, 6.45) is 3.50. The van der Waals surface area contributed by atoms with Gasteiger partial charge in [0.2, 0.25) is 0 Å². The Morgan fingerprint density at radius 1 is 1.27 bits per heavy atom. The minimum absolute atomic E-state index is 0.0894. The second kappa shape index (κ2) is 8.41. The molecule has 1 aliphatic rings. The number of nitrogens with one attached hydrogen (secondary N) is 1. The van der Waals surface area contributed by atoms with Crippen molar-refractivity contribution in [2.45, 2.75) is 0 Å². The summed E-state index contributed by atoms with van der Waals surface area (Å²) in [4.78, 5) is 16.0. The van der Waals surface area contributed by atoms with Gasteiger partial charge in [-0.3, -0.25) is 4.90 Å². The highest BCUT2D eigenvalue weighted by Gasteiger charge is 2.19. The Hall–Kier alpha value is -2.05. The number of carbonyl (C=O) groups is 1. The number of hydrogen-bond donors (Lipinski definition) is 2. The van der Waals surface area contributed by atoms with Crippen LogP contribution in [0.1, 0.15) is 5.56 Å². The Balaban J connectivity index is 1.76. The lowest BCUT2D eigenvalue weighted by Crippen LogP contribution is -2.51. The fourth-order valence-electron chi connectivity index (χ4n) is 2.33. The molecule has 2 amide bonds. The first-order chi connectivity index (χ1) is 10.7. The van der Waals surface area contributed by atoms with E-state index >= 15 is 0 Å². The molecule has 0 spiro atoms. The van der Waals surface area contributed by atoms with Crippen LogP contribution in [0.4, 0.5) is 4.79 Å². The first-order valence-electron chi connectivity index (χ1n) is 7.42. The van der Waals surface area contributed by atoms with E-state index in [0.29, 0.717) is 19.6 Å². The Kier molecular flexibility index (Phi) is 6.24. The number of urea groups is 1. The Morgan fingerprint density at radius 3 is 2.55 bits per heavy atom. The minimum Gasteiger partial charge on any atom is -0.497 e. The standard InChI is InChI=1S/C16H23N3O3/c1-22-15-4-2-14(3-5-15)6-7-17-16(21)19-10-8-18(9-11-19)12-13-20/h2-7,20H,8-13H2,1H3,(H,17,21)/b7-6+. The van der Waals surface area contributed by atoms with Gasteiger partial charge in [0.1, 0.15) is 5.75 Å². The molecule has 1 saturated heterocycles. The van der Waals surface area contributed by atoms with Crippen LogP contribution in [0.2, 0.25) is 0 Å². The van der Waals surface area contributed by atoms with Crippen LogP contribution < -0.4 is 10.1 Å². The van der Waals surface area contributed by atoms with Crippen LogP contribution in [-0.4, -0.2) is 67.4 Å². The van der Waals surface area contributed by atoms with E-state index in [1.807, 2.05) is 30.3 Å². The Morgan fingerprint density at radius 2 is 1.95 bits per heavy atom. The van der Waals surface area contributed by atoms with E-state index in [4.69, 9.17) is 9.84 Å². The zero-order valence-corrected chi connectivity index (χ0v) is 12.9. The summed E-state index contributed by atoms with van der Waals surface area (Å²) in [7, 11) is 1.63. The number of aliphatic hydroxyl groups is 1. The number of piperazine rings is 1. The molecule has 0 unspecified atom stereocenters. The summed E-state index contributed by atoms with van der Waals surface area (Å²) >= 11 is 0. The number of β-amino-alcohol motifs (C(OH)–C–C–N with tert-alkyl or cyclic N) is 1. The van der Waals surface area contributed by atoms with Crippen molar-refractivity contribution in [2.24, 2.45) is 0 Å². The zero-order chi connectivity index (χ0) is 15.8. The molecule has 0 radical (unpaired) electrons. The van der Waals surface area contributed by atoms with Crippen LogP contribution in [0.15, 0.2) is 30.5 Å². The smallest absolute Gasteiger partial charge is 0.321 e. The number of ether oxygens (including phenoxy) is 1. The van der Waals surface area contributed by atoms with Gasteiger partial charge in [-0.2, -0.15) is 0 Å². The van der Waals surface area contributed by atoms with Gasteiger partial charge in [0.15, 0.2) is 0 Å². The van der Waals surface area contributed by atoms with Gasteiger partial charge < -0.3 is 20.1 Å². The number of carbonyl (C=O) groups excluding carboxylic acids is 1. The predicted molar refractivity (Wildman–Crippen MR) is 85.7 cm³/mol. The van der Waals surface area contributed by atoms with E-state index in [2.05, 4.69) is 10.2 Å². The molecule has 6 heteroatoms. The fraction of sp³-hybridized carbons (Fsp3) is 0.438. The van der Waals surface area contributed by atoms with Crippen molar-refractivity contribution in [2.75, 3.05) is 46.4 Å². The highest BCUT2D eigenvalue weighted by molar-refractivity contribution is 5.76. The lowest BCUT2D eigenvalue weighted by Gasteiger charge is -2.33. The molecule has 0 bridgehead atoms. The molecular formula is C16H23N3O3. The second-order valence-corrected chi connectivity index (χ2v) is 5.11. The molecule has 0 atom stereocenters. The summed E-state index contributed by atoms with van der Waals surface area (Å²) in [5.74, 6) is 0.807. The molecule has 1 fully saturated rings. The molecule has 0 saturated carbocycles. The maximum Gasteiger partial charge on any atom is 0.321 e. The Bertz CT molecular complexity index is 494. The number of nitrogens with zero attached hydrogens (tertiary/aromatic N) is 2. The van der Waals surface area contributed by atoms with Crippen LogP contribution in [0.25, 0.3) is 6.08 Å². The van der Waals surface area contributed by atoms with E-state index in [9.17, 15) is 4.79 Å². The summed E-state index contributed by atoms with van der Waals surface area (Å²) in [6, 6.07) is 7.52. The molecule has 2 N–H and O–H groups in total. The van der Waals surface area contributed by atoms with Crippen LogP contribution in [0, 0.1) is 0 Å². The molecule has 1 aliphatic heterocycles. The van der Waals surface area contributed by atoms with Crippen LogP contribution >= 0.6 is 0 Å². The molecule has 6 nitrogen and oxygen atoms in total. The lowest BCUT2D eigenvalue weighted by molar-refractivity contribution is 0.123. The van der Waals surface area contributed by atoms with Crippen LogP contribution in [-0.2, 0) is 0 Å². The van der Waals surface area contributed by atoms with Crippen molar-refractivity contribution >= 4 is 12.1 Å². The summed E-state index contributed by atoms with van der Waals surface area (Å²) in [6.45, 7) is 3.81. The maximum absolute atomic E-state index is 12.0. The van der Waals surface area contributed by atoms with Crippen molar-refractivity contribution in [1.29, 1.82) is 0 Å². The monoisotopic (exact) mass is 305 g/mol. The third kappa shape index (κ3) is 4.75. The van der Waals surface area contributed by atoms with Gasteiger partial charge in [0.05, 0.1) is 13.7 Å². The molecule has 120 valence electrons. The normalized spacial score (nSPS) is 16.0. The van der Waals surface area contributed by atoms with E-state index in [1.165, 1.54) is 0 Å². The highest BCUT2D eigenvalue weighted by Crippen LogP contribution is 2.12. The Labute approximate surface area is 131 Å². The van der Waals surface area contributed by atoms with Gasteiger partial charge in [-0.15, -0.1) is 0 Å². The van der Waals surface area contributed by atoms with Gasteiger partial charge in [0, 0.05) is 38.9 Å². The van der Waals surface area contributed by atoms with Gasteiger partial charge in [0.25, 0.3) is 0 Å². The highest BCUT2D eigenvalue weighted by atomic mass is 16.5. The van der Waals surface area contributed by atoms with Crippen molar-refractivity contribution in [1.82, 2.24) is 15.1 Å². The quantitative estimate of drug-likeness (QED) is 0.851. The third-order valence-electron chi connectivity index (χ3n) is 3.67. The third-order valence-corrected chi connectivity index (χ3v) is 3.67. The molecule has 0 aromatic heterocycles. The van der Waals surface area contributed by atoms with Crippen LogP contribution in [0.5, 0.6) is 5.75 Å². The van der Waals surface area contributed by atoms with E-state index in [0.717, 1.165) is 24.4 Å². The zero-order valence-electron chi connectivity index (χ0n) is 12.9. The van der Waals surface area contributed by atoms with Gasteiger partial charge in [-0.05, 0) is 23.8 Å². The topological polar surface area (TPSA) is 65.0 Å². The van der Waals surface area contributed by atoms with Gasteiger partial charge >= 0.3 is 6.03 Å². The minimum atomic E-state index is -0.0894. The number of methoxy groups -OCH3 is 1. The molecule has 1 aromatic carbocycles. The SMILES string of the molecule is COc1ccc(/C=C/NC(=O)N2CCN(CCO)CC2)cc1. The first kappa shape index (κ1) is 16.3. The molecule has 2 rings (SSSR count). The number of aliphatic hydroxyl groups excluding tert-OH is 1. The summed E-state index contributed by atoms with van der Waals surface area (Å²) < 4.78 is 5.10. The van der Waals surface area contributed by atoms with Crippen molar-refractivity contribution in [3.8, 4) is 5.75 Å². The number of hydrogen-bond acceptors (Lipinski definition) is 4. The predicted octanol–water partition coefficient (Wildman–Crippen LogP) is 0.985. The second-order valence-electron chi connectivity index (χ2n) is 5.11. The summed E-state index contributed by atoms with van der Waals surface area (Å²) in [5.41, 5.74) is 0.994. The van der Waals surface area contributed by atoms with Crippen molar-refractivity contribution in [3.63, 3.8) is 0 Å². The number of benzene rings is 1. The number of amides is 2. The average Bonchev–Trinajstić information content (AvgIpc) is 2.56. The summed E-state index contributed by atoms with van der Waals surface area (Å²) in [5, 5.41) is 11.7. The van der Waals surface area contributed by atoms with Crippen molar-refractivity contribution < 1.29 is 14.6 Å². The van der Waals surface area contributed by atoms with Gasteiger partial charge in [-0.25, -0.2) is 4.79 Å². The maximum atomic E-state index is 12.0. The molecule has 1 aromatic rings. The van der Waals surface area contributed by atoms with Gasteiger partial charge in [-0.1, -0.05) is 12.1 Å². The van der Waals surface area contributed by atoms with Crippen molar-refractivity contribution in [3.05, 3.63) is 36.0 Å². The molecule has 1 heterocycles. The van der Waals surface area contributed by atoms with Crippen LogP contribution in [0.3, 0.4) is 0 Å². The van der Waals surface area contributed by atoms with E-state index in [-0.39, 0.29) is 12.6 Å². The fourth-order valence-corrected chi connectivity index (χ4v) is 2.33. The largest absolute Gasteiger partial charge is 0.497 e.